The molecule has 0 aromatic carbocycles. The first-order chi connectivity index (χ1) is 9.40. The second kappa shape index (κ2) is 5.46. The fourth-order valence-corrected chi connectivity index (χ4v) is 1.72. The van der Waals surface area contributed by atoms with E-state index in [2.05, 4.69) is 10.2 Å². The van der Waals surface area contributed by atoms with Crippen molar-refractivity contribution in [1.29, 1.82) is 0 Å². The molecule has 0 unspecified atom stereocenters. The predicted molar refractivity (Wildman–Crippen MR) is 73.7 cm³/mol. The zero-order valence-electron chi connectivity index (χ0n) is 11.8. The van der Waals surface area contributed by atoms with Crippen molar-refractivity contribution >= 4 is 17.4 Å². The number of hydrogen-bond donors (Lipinski definition) is 1. The highest BCUT2D eigenvalue weighted by Gasteiger charge is 2.23. The Hall–Kier alpha value is -2.15. The summed E-state index contributed by atoms with van der Waals surface area (Å²) in [5.74, 6) is 0. The summed E-state index contributed by atoms with van der Waals surface area (Å²) in [7, 11) is 0. The van der Waals surface area contributed by atoms with Crippen LogP contribution < -0.4 is 4.90 Å². The zero-order valence-corrected chi connectivity index (χ0v) is 11.8. The van der Waals surface area contributed by atoms with E-state index in [1.165, 1.54) is 4.90 Å². The van der Waals surface area contributed by atoms with Crippen molar-refractivity contribution in [2.45, 2.75) is 26.4 Å². The van der Waals surface area contributed by atoms with Gasteiger partial charge in [0.2, 0.25) is 0 Å². The van der Waals surface area contributed by atoms with Crippen LogP contribution in [0.2, 0.25) is 0 Å². The standard InChI is InChI=1S/C13H18N4O3/c1-13(2,3)20-12(19)17(6-7-18)10-4-5-16-9-14-15-11(16)8-10/h4-5,8-9,18H,6-7H2,1-3H3. The van der Waals surface area contributed by atoms with Gasteiger partial charge in [0, 0.05) is 12.3 Å². The van der Waals surface area contributed by atoms with Crippen molar-refractivity contribution < 1.29 is 14.6 Å². The number of nitrogens with zero attached hydrogens (tertiary/aromatic N) is 4. The molecule has 0 saturated heterocycles. The van der Waals surface area contributed by atoms with Crippen molar-refractivity contribution in [1.82, 2.24) is 14.6 Å². The smallest absolute Gasteiger partial charge is 0.414 e. The largest absolute Gasteiger partial charge is 0.443 e. The lowest BCUT2D eigenvalue weighted by molar-refractivity contribution is 0.0573. The van der Waals surface area contributed by atoms with Crippen molar-refractivity contribution in [3.8, 4) is 0 Å². The number of ether oxygens (including phenoxy) is 1. The third-order valence-corrected chi connectivity index (χ3v) is 2.53. The van der Waals surface area contributed by atoms with E-state index in [4.69, 9.17) is 9.84 Å². The van der Waals surface area contributed by atoms with E-state index in [0.717, 1.165) is 0 Å². The van der Waals surface area contributed by atoms with Gasteiger partial charge in [-0.1, -0.05) is 0 Å². The summed E-state index contributed by atoms with van der Waals surface area (Å²) in [5, 5.41) is 16.8. The summed E-state index contributed by atoms with van der Waals surface area (Å²) in [6.45, 7) is 5.38. The molecule has 2 rings (SSSR count). The third kappa shape index (κ3) is 3.24. The Morgan fingerprint density at radius 2 is 2.25 bits per heavy atom. The minimum absolute atomic E-state index is 0.152. The SMILES string of the molecule is CC(C)(C)OC(=O)N(CCO)c1ccn2cnnc2c1. The quantitative estimate of drug-likeness (QED) is 0.919. The molecule has 20 heavy (non-hydrogen) atoms. The Morgan fingerprint density at radius 1 is 1.50 bits per heavy atom. The van der Waals surface area contributed by atoms with E-state index >= 15 is 0 Å². The van der Waals surface area contributed by atoms with E-state index in [-0.39, 0.29) is 13.2 Å². The van der Waals surface area contributed by atoms with Crippen molar-refractivity contribution in [3.63, 3.8) is 0 Å². The van der Waals surface area contributed by atoms with Crippen molar-refractivity contribution in [3.05, 3.63) is 24.7 Å². The van der Waals surface area contributed by atoms with Crippen LogP contribution in [0.3, 0.4) is 0 Å². The molecule has 2 heterocycles. The van der Waals surface area contributed by atoms with Crippen LogP contribution in [0, 0.1) is 0 Å². The Bertz CT molecular complexity index is 603. The molecule has 0 radical (unpaired) electrons. The van der Waals surface area contributed by atoms with Gasteiger partial charge >= 0.3 is 6.09 Å². The maximum atomic E-state index is 12.2. The average molecular weight is 278 g/mol. The Kier molecular flexibility index (Phi) is 3.89. The van der Waals surface area contributed by atoms with Crippen LogP contribution >= 0.6 is 0 Å². The van der Waals surface area contributed by atoms with Gasteiger partial charge in [-0.3, -0.25) is 9.30 Å². The highest BCUT2D eigenvalue weighted by molar-refractivity contribution is 5.88. The molecule has 0 saturated carbocycles. The number of hydrogen-bond acceptors (Lipinski definition) is 5. The monoisotopic (exact) mass is 278 g/mol. The Morgan fingerprint density at radius 3 is 2.90 bits per heavy atom. The number of anilines is 1. The molecule has 1 amide bonds. The van der Waals surface area contributed by atoms with Crippen LogP contribution in [-0.4, -0.2) is 44.6 Å². The van der Waals surface area contributed by atoms with Crippen LogP contribution in [0.4, 0.5) is 10.5 Å². The van der Waals surface area contributed by atoms with Gasteiger partial charge in [-0.05, 0) is 26.8 Å². The lowest BCUT2D eigenvalue weighted by Gasteiger charge is -2.27. The van der Waals surface area contributed by atoms with E-state index in [9.17, 15) is 4.79 Å². The molecule has 0 aliphatic carbocycles. The zero-order chi connectivity index (χ0) is 14.8. The third-order valence-electron chi connectivity index (χ3n) is 2.53. The molecule has 0 atom stereocenters. The topological polar surface area (TPSA) is 80.0 Å². The van der Waals surface area contributed by atoms with Crippen LogP contribution in [0.1, 0.15) is 20.8 Å². The molecule has 2 aromatic heterocycles. The summed E-state index contributed by atoms with van der Waals surface area (Å²) in [6, 6.07) is 3.46. The van der Waals surface area contributed by atoms with Gasteiger partial charge in [0.05, 0.1) is 18.8 Å². The number of carbonyl (C=O) groups excluding carboxylic acids is 1. The number of aliphatic hydroxyl groups is 1. The highest BCUT2D eigenvalue weighted by Crippen LogP contribution is 2.19. The van der Waals surface area contributed by atoms with Gasteiger partial charge in [0.15, 0.2) is 5.65 Å². The minimum Gasteiger partial charge on any atom is -0.443 e. The molecule has 2 aromatic rings. The molecule has 1 N–H and O–H groups in total. The Labute approximate surface area is 116 Å². The lowest BCUT2D eigenvalue weighted by atomic mass is 10.2. The number of rotatable bonds is 3. The maximum absolute atomic E-state index is 12.2. The number of aliphatic hydroxyl groups excluding tert-OH is 1. The van der Waals surface area contributed by atoms with Gasteiger partial charge in [-0.25, -0.2) is 4.79 Å². The van der Waals surface area contributed by atoms with E-state index in [0.29, 0.717) is 11.3 Å². The maximum Gasteiger partial charge on any atom is 0.414 e. The second-order valence-corrected chi connectivity index (χ2v) is 5.34. The molecule has 0 aliphatic heterocycles. The van der Waals surface area contributed by atoms with Crippen LogP contribution in [0.15, 0.2) is 24.7 Å². The fraction of sp³-hybridized carbons (Fsp3) is 0.462. The number of fused-ring (bicyclic) bond motifs is 1. The summed E-state index contributed by atoms with van der Waals surface area (Å²) in [4.78, 5) is 13.5. The lowest BCUT2D eigenvalue weighted by Crippen LogP contribution is -2.38. The van der Waals surface area contributed by atoms with Crippen LogP contribution in [0.25, 0.3) is 5.65 Å². The molecule has 0 bridgehead atoms. The van der Waals surface area contributed by atoms with Gasteiger partial charge in [0.25, 0.3) is 0 Å². The summed E-state index contributed by atoms with van der Waals surface area (Å²) >= 11 is 0. The normalized spacial score (nSPS) is 11.6. The minimum atomic E-state index is -0.593. The molecule has 0 spiro atoms. The molecule has 108 valence electrons. The molecule has 0 aliphatic rings. The molecule has 7 nitrogen and oxygen atoms in total. The first-order valence-corrected chi connectivity index (χ1v) is 6.31. The Balaban J connectivity index is 2.29. The second-order valence-electron chi connectivity index (χ2n) is 5.34. The number of aromatic nitrogens is 3. The van der Waals surface area contributed by atoms with Crippen molar-refractivity contribution in [2.24, 2.45) is 0 Å². The van der Waals surface area contributed by atoms with Crippen molar-refractivity contribution in [2.75, 3.05) is 18.1 Å². The predicted octanol–water partition coefficient (Wildman–Crippen LogP) is 1.46. The van der Waals surface area contributed by atoms with Gasteiger partial charge in [0.1, 0.15) is 11.9 Å². The van der Waals surface area contributed by atoms with Crippen LogP contribution in [-0.2, 0) is 4.74 Å². The molecular formula is C13H18N4O3. The summed E-state index contributed by atoms with van der Waals surface area (Å²) < 4.78 is 7.07. The van der Waals surface area contributed by atoms with Crippen LogP contribution in [0.5, 0.6) is 0 Å². The average Bonchev–Trinajstić information content (AvgIpc) is 2.80. The van der Waals surface area contributed by atoms with E-state index in [1.54, 1.807) is 49.8 Å². The van der Waals surface area contributed by atoms with E-state index in [1.807, 2.05) is 0 Å². The first-order valence-electron chi connectivity index (χ1n) is 6.31. The number of pyridine rings is 1. The molecular weight excluding hydrogens is 260 g/mol. The highest BCUT2D eigenvalue weighted by atomic mass is 16.6. The number of carbonyl (C=O) groups is 1. The summed E-state index contributed by atoms with van der Waals surface area (Å²) in [5.41, 5.74) is 0.631. The first kappa shape index (κ1) is 14.3. The van der Waals surface area contributed by atoms with Gasteiger partial charge in [-0.2, -0.15) is 0 Å². The molecule has 0 fully saturated rings. The van der Waals surface area contributed by atoms with Gasteiger partial charge in [-0.15, -0.1) is 10.2 Å². The van der Waals surface area contributed by atoms with E-state index < -0.39 is 11.7 Å². The summed E-state index contributed by atoms with van der Waals surface area (Å²) in [6.07, 6.45) is 2.82. The van der Waals surface area contributed by atoms with Gasteiger partial charge < -0.3 is 9.84 Å². The molecule has 7 heteroatoms. The number of amides is 1. The fourth-order valence-electron chi connectivity index (χ4n) is 1.72.